The van der Waals surface area contributed by atoms with Crippen molar-refractivity contribution in [1.29, 1.82) is 0 Å². The van der Waals surface area contributed by atoms with Gasteiger partial charge in [-0.2, -0.15) is 4.98 Å². The van der Waals surface area contributed by atoms with Crippen LogP contribution in [0.4, 0.5) is 21.8 Å². The first-order chi connectivity index (χ1) is 10.2. The second-order valence-corrected chi connectivity index (χ2v) is 5.65. The predicted molar refractivity (Wildman–Crippen MR) is 86.3 cm³/mol. The first kappa shape index (κ1) is 14.0. The van der Waals surface area contributed by atoms with Crippen LogP contribution >= 0.6 is 22.9 Å². The minimum atomic E-state index is -0.383. The van der Waals surface area contributed by atoms with E-state index in [2.05, 4.69) is 20.6 Å². The maximum absolute atomic E-state index is 13.9. The molecule has 1 aromatic carbocycles. The Morgan fingerprint density at radius 1 is 1.29 bits per heavy atom. The van der Waals surface area contributed by atoms with Crippen LogP contribution in [0.15, 0.2) is 29.6 Å². The van der Waals surface area contributed by atoms with E-state index >= 15 is 0 Å². The van der Waals surface area contributed by atoms with Crippen LogP contribution in [0.2, 0.25) is 5.02 Å². The van der Waals surface area contributed by atoms with Crippen molar-refractivity contribution in [2.75, 3.05) is 17.2 Å². The molecule has 7 heteroatoms. The summed E-state index contributed by atoms with van der Waals surface area (Å²) in [6.07, 6.45) is 0. The largest absolute Gasteiger partial charge is 0.354 e. The van der Waals surface area contributed by atoms with Crippen LogP contribution in [0.3, 0.4) is 0 Å². The molecule has 21 heavy (non-hydrogen) atoms. The highest BCUT2D eigenvalue weighted by atomic mass is 35.5. The standard InChI is InChI=1S/C14H12ClFN4S/c1-2-17-14-19-12(9-5-6-21-13(9)20-14)18-11-7-8(15)3-4-10(11)16/h3-7H,2H2,1H3,(H2,17,18,19,20). The van der Waals surface area contributed by atoms with Gasteiger partial charge in [0.25, 0.3) is 0 Å². The normalized spacial score (nSPS) is 10.8. The van der Waals surface area contributed by atoms with Gasteiger partial charge in [-0.05, 0) is 36.6 Å². The van der Waals surface area contributed by atoms with Gasteiger partial charge in [-0.1, -0.05) is 11.6 Å². The van der Waals surface area contributed by atoms with Crippen molar-refractivity contribution in [3.05, 3.63) is 40.5 Å². The van der Waals surface area contributed by atoms with Gasteiger partial charge >= 0.3 is 0 Å². The van der Waals surface area contributed by atoms with Gasteiger partial charge in [0.2, 0.25) is 5.95 Å². The number of aromatic nitrogens is 2. The summed E-state index contributed by atoms with van der Waals surface area (Å²) in [6.45, 7) is 2.67. The smallest absolute Gasteiger partial charge is 0.226 e. The van der Waals surface area contributed by atoms with Crippen LogP contribution in [0.1, 0.15) is 6.92 Å². The lowest BCUT2D eigenvalue weighted by Gasteiger charge is -2.10. The Hall–Kier alpha value is -1.92. The monoisotopic (exact) mass is 322 g/mol. The molecule has 4 nitrogen and oxygen atoms in total. The van der Waals surface area contributed by atoms with Crippen LogP contribution in [-0.2, 0) is 0 Å². The summed E-state index contributed by atoms with van der Waals surface area (Å²) < 4.78 is 13.9. The second kappa shape index (κ2) is 5.83. The van der Waals surface area contributed by atoms with Gasteiger partial charge in [0.05, 0.1) is 11.1 Å². The van der Waals surface area contributed by atoms with E-state index < -0.39 is 0 Å². The summed E-state index contributed by atoms with van der Waals surface area (Å²) >= 11 is 7.42. The minimum absolute atomic E-state index is 0.288. The number of halogens is 2. The molecule has 0 atom stereocenters. The first-order valence-electron chi connectivity index (χ1n) is 6.38. The highest BCUT2D eigenvalue weighted by molar-refractivity contribution is 7.16. The molecule has 3 aromatic rings. The number of rotatable bonds is 4. The summed E-state index contributed by atoms with van der Waals surface area (Å²) in [7, 11) is 0. The molecule has 0 unspecified atom stereocenters. The number of benzene rings is 1. The molecular weight excluding hydrogens is 311 g/mol. The fraction of sp³-hybridized carbons (Fsp3) is 0.143. The lowest BCUT2D eigenvalue weighted by atomic mass is 10.3. The zero-order valence-corrected chi connectivity index (χ0v) is 12.7. The van der Waals surface area contributed by atoms with E-state index in [0.717, 1.165) is 10.2 Å². The van der Waals surface area contributed by atoms with Gasteiger partial charge in [-0.15, -0.1) is 11.3 Å². The summed E-state index contributed by atoms with van der Waals surface area (Å²) in [6, 6.07) is 6.26. The number of hydrogen-bond donors (Lipinski definition) is 2. The Labute approximate surface area is 130 Å². The van der Waals surface area contributed by atoms with Crippen LogP contribution in [0, 0.1) is 5.82 Å². The molecule has 0 fully saturated rings. The molecule has 2 heterocycles. The maximum Gasteiger partial charge on any atom is 0.226 e. The van der Waals surface area contributed by atoms with Gasteiger partial charge in [-0.3, -0.25) is 0 Å². The minimum Gasteiger partial charge on any atom is -0.354 e. The molecule has 0 radical (unpaired) electrons. The van der Waals surface area contributed by atoms with Crippen molar-refractivity contribution < 1.29 is 4.39 Å². The Bertz CT molecular complexity index is 790. The van der Waals surface area contributed by atoms with Crippen molar-refractivity contribution >= 4 is 50.6 Å². The molecule has 0 spiro atoms. The van der Waals surface area contributed by atoms with E-state index in [9.17, 15) is 4.39 Å². The first-order valence-corrected chi connectivity index (χ1v) is 7.64. The maximum atomic E-state index is 13.9. The number of thiophene rings is 1. The van der Waals surface area contributed by atoms with Crippen LogP contribution < -0.4 is 10.6 Å². The van der Waals surface area contributed by atoms with Crippen molar-refractivity contribution in [2.45, 2.75) is 6.92 Å². The Balaban J connectivity index is 2.06. The Morgan fingerprint density at radius 2 is 2.14 bits per heavy atom. The number of fused-ring (bicyclic) bond motifs is 1. The Kier molecular flexibility index (Phi) is 3.90. The highest BCUT2D eigenvalue weighted by Crippen LogP contribution is 2.30. The number of hydrogen-bond acceptors (Lipinski definition) is 5. The van der Waals surface area contributed by atoms with E-state index in [1.807, 2.05) is 18.4 Å². The summed E-state index contributed by atoms with van der Waals surface area (Å²) in [5.41, 5.74) is 0.288. The molecule has 108 valence electrons. The molecule has 2 N–H and O–H groups in total. The highest BCUT2D eigenvalue weighted by Gasteiger charge is 2.11. The molecule has 3 rings (SSSR count). The Morgan fingerprint density at radius 3 is 2.95 bits per heavy atom. The van der Waals surface area contributed by atoms with Gasteiger partial charge in [-0.25, -0.2) is 9.37 Å². The molecular formula is C14H12ClFN4S. The fourth-order valence-electron chi connectivity index (χ4n) is 1.91. The van der Waals surface area contributed by atoms with Gasteiger partial charge in [0.15, 0.2) is 0 Å². The SMILES string of the molecule is CCNc1nc(Nc2cc(Cl)ccc2F)c2ccsc2n1. The van der Waals surface area contributed by atoms with E-state index in [-0.39, 0.29) is 11.5 Å². The fourth-order valence-corrected chi connectivity index (χ4v) is 2.84. The van der Waals surface area contributed by atoms with Crippen molar-refractivity contribution in [3.63, 3.8) is 0 Å². The molecule has 0 saturated heterocycles. The van der Waals surface area contributed by atoms with Crippen molar-refractivity contribution in [2.24, 2.45) is 0 Å². The van der Waals surface area contributed by atoms with Crippen LogP contribution in [0.25, 0.3) is 10.2 Å². The average Bonchev–Trinajstić information content (AvgIpc) is 2.92. The van der Waals surface area contributed by atoms with Gasteiger partial charge in [0.1, 0.15) is 16.5 Å². The molecule has 0 amide bonds. The second-order valence-electron chi connectivity index (χ2n) is 4.31. The molecule has 0 saturated carbocycles. The lowest BCUT2D eigenvalue weighted by molar-refractivity contribution is 0.632. The van der Waals surface area contributed by atoms with Gasteiger partial charge < -0.3 is 10.6 Å². The topological polar surface area (TPSA) is 49.8 Å². The van der Waals surface area contributed by atoms with Crippen molar-refractivity contribution in [1.82, 2.24) is 9.97 Å². The van der Waals surface area contributed by atoms with Crippen molar-refractivity contribution in [3.8, 4) is 0 Å². The summed E-state index contributed by atoms with van der Waals surface area (Å²) in [5.74, 6) is 0.683. The third-order valence-corrected chi connectivity index (χ3v) is 3.88. The van der Waals surface area contributed by atoms with Crippen LogP contribution in [-0.4, -0.2) is 16.5 Å². The molecule has 0 aliphatic heterocycles. The molecule has 0 aliphatic rings. The summed E-state index contributed by atoms with van der Waals surface area (Å²) in [4.78, 5) is 9.63. The number of nitrogens with one attached hydrogen (secondary N) is 2. The average molecular weight is 323 g/mol. The number of anilines is 3. The molecule has 2 aromatic heterocycles. The van der Waals surface area contributed by atoms with E-state index in [4.69, 9.17) is 11.6 Å². The molecule has 0 aliphatic carbocycles. The van der Waals surface area contributed by atoms with E-state index in [1.165, 1.54) is 29.5 Å². The zero-order chi connectivity index (χ0) is 14.8. The van der Waals surface area contributed by atoms with Crippen LogP contribution in [0.5, 0.6) is 0 Å². The lowest BCUT2D eigenvalue weighted by Crippen LogP contribution is -2.05. The quantitative estimate of drug-likeness (QED) is 0.733. The third-order valence-electron chi connectivity index (χ3n) is 2.84. The summed E-state index contributed by atoms with van der Waals surface area (Å²) in [5, 5.41) is 9.30. The number of nitrogens with zero attached hydrogens (tertiary/aromatic N) is 2. The van der Waals surface area contributed by atoms with E-state index in [0.29, 0.717) is 23.3 Å². The van der Waals surface area contributed by atoms with E-state index in [1.54, 1.807) is 0 Å². The predicted octanol–water partition coefficient (Wildman–Crippen LogP) is 4.66. The molecule has 0 bridgehead atoms. The third kappa shape index (κ3) is 2.91. The van der Waals surface area contributed by atoms with Gasteiger partial charge in [0, 0.05) is 11.6 Å². The zero-order valence-electron chi connectivity index (χ0n) is 11.2.